The van der Waals surface area contributed by atoms with Crippen molar-refractivity contribution in [1.82, 2.24) is 8.87 Å². The Morgan fingerprint density at radius 2 is 1.65 bits per heavy atom. The molecule has 11 heteroatoms. The standard InChI is InChI=1S/C29H29FN4O5S/c1-20-11-12-26(39-2)24(17-20)31-28(35)19-33-18-27(21-7-3-4-8-22(21)29(33)36)40(37,38)34-15-13-32(14-16-34)25-10-6-5-9-23(25)30/h3-12,17-18H,13-16,19H2,1-2H3,(H,31,35). The number of halogens is 1. The van der Waals surface area contributed by atoms with Crippen molar-refractivity contribution in [3.8, 4) is 5.75 Å². The molecule has 40 heavy (non-hydrogen) atoms. The van der Waals surface area contributed by atoms with Crippen molar-refractivity contribution in [2.75, 3.05) is 43.5 Å². The van der Waals surface area contributed by atoms with Crippen LogP contribution < -0.4 is 20.5 Å². The number of hydrogen-bond acceptors (Lipinski definition) is 6. The van der Waals surface area contributed by atoms with Gasteiger partial charge in [0.2, 0.25) is 15.9 Å². The first-order chi connectivity index (χ1) is 19.2. The number of nitrogens with one attached hydrogen (secondary N) is 1. The van der Waals surface area contributed by atoms with Gasteiger partial charge in [-0.3, -0.25) is 9.59 Å². The molecule has 1 N–H and O–H groups in total. The molecule has 0 unspecified atom stereocenters. The third-order valence-electron chi connectivity index (χ3n) is 6.95. The number of piperazine rings is 1. The van der Waals surface area contributed by atoms with Crippen LogP contribution in [0.25, 0.3) is 10.8 Å². The fourth-order valence-electron chi connectivity index (χ4n) is 4.91. The number of pyridine rings is 1. The van der Waals surface area contributed by atoms with E-state index in [1.54, 1.807) is 54.6 Å². The molecule has 4 aromatic rings. The maximum Gasteiger partial charge on any atom is 0.258 e. The number of methoxy groups -OCH3 is 1. The van der Waals surface area contributed by atoms with Gasteiger partial charge in [0.25, 0.3) is 5.56 Å². The summed E-state index contributed by atoms with van der Waals surface area (Å²) < 4.78 is 49.8. The first-order valence-corrected chi connectivity index (χ1v) is 14.2. The van der Waals surface area contributed by atoms with Gasteiger partial charge in [-0.15, -0.1) is 0 Å². The van der Waals surface area contributed by atoms with Crippen LogP contribution in [-0.4, -0.2) is 56.5 Å². The molecule has 9 nitrogen and oxygen atoms in total. The van der Waals surface area contributed by atoms with Crippen LogP contribution >= 0.6 is 0 Å². The molecule has 2 heterocycles. The van der Waals surface area contributed by atoms with E-state index >= 15 is 0 Å². The molecule has 5 rings (SSSR count). The number of carbonyl (C=O) groups is 1. The molecule has 1 saturated heterocycles. The minimum absolute atomic E-state index is 0.0667. The monoisotopic (exact) mass is 564 g/mol. The van der Waals surface area contributed by atoms with Crippen LogP contribution in [0.2, 0.25) is 0 Å². The highest BCUT2D eigenvalue weighted by Gasteiger charge is 2.31. The molecule has 1 amide bonds. The van der Waals surface area contributed by atoms with E-state index in [2.05, 4.69) is 5.32 Å². The maximum absolute atomic E-state index is 14.3. The van der Waals surface area contributed by atoms with E-state index in [9.17, 15) is 22.4 Å². The summed E-state index contributed by atoms with van der Waals surface area (Å²) in [7, 11) is -2.57. The Morgan fingerprint density at radius 3 is 2.35 bits per heavy atom. The number of hydrogen-bond donors (Lipinski definition) is 1. The van der Waals surface area contributed by atoms with Gasteiger partial charge >= 0.3 is 0 Å². The average Bonchev–Trinajstić information content (AvgIpc) is 2.95. The van der Waals surface area contributed by atoms with Crippen molar-refractivity contribution in [3.05, 3.63) is 94.7 Å². The molecule has 0 saturated carbocycles. The summed E-state index contributed by atoms with van der Waals surface area (Å²) in [5.41, 5.74) is 1.30. The Labute approximate surface area is 231 Å². The van der Waals surface area contributed by atoms with Crippen LogP contribution in [0.15, 0.2) is 82.6 Å². The number of sulfonamides is 1. The van der Waals surface area contributed by atoms with Gasteiger partial charge in [0.05, 0.1) is 18.5 Å². The molecule has 1 aromatic heterocycles. The highest BCUT2D eigenvalue weighted by Crippen LogP contribution is 2.28. The predicted molar refractivity (Wildman–Crippen MR) is 152 cm³/mol. The number of amides is 1. The number of aryl methyl sites for hydroxylation is 1. The lowest BCUT2D eigenvalue weighted by molar-refractivity contribution is -0.116. The molecular formula is C29H29FN4O5S. The molecule has 0 radical (unpaired) electrons. The van der Waals surface area contributed by atoms with Crippen molar-refractivity contribution >= 4 is 38.1 Å². The van der Waals surface area contributed by atoms with Gasteiger partial charge in [0, 0.05) is 43.1 Å². The SMILES string of the molecule is COc1ccc(C)cc1NC(=O)Cn1cc(S(=O)(=O)N2CCN(c3ccccc3F)CC2)c2ccccc2c1=O. The molecule has 1 fully saturated rings. The van der Waals surface area contributed by atoms with E-state index in [0.717, 1.165) is 10.1 Å². The van der Waals surface area contributed by atoms with Gasteiger partial charge in [0.1, 0.15) is 23.0 Å². The molecule has 0 spiro atoms. The summed E-state index contributed by atoms with van der Waals surface area (Å²) in [4.78, 5) is 28.0. The number of nitrogens with zero attached hydrogens (tertiary/aromatic N) is 3. The van der Waals surface area contributed by atoms with Crippen LogP contribution in [0.3, 0.4) is 0 Å². The largest absolute Gasteiger partial charge is 0.495 e. The number of rotatable bonds is 7. The lowest BCUT2D eigenvalue weighted by Gasteiger charge is -2.35. The first kappa shape index (κ1) is 27.4. The number of carbonyl (C=O) groups excluding carboxylic acids is 1. The third kappa shape index (κ3) is 5.30. The van der Waals surface area contributed by atoms with Gasteiger partial charge in [-0.2, -0.15) is 4.31 Å². The predicted octanol–water partition coefficient (Wildman–Crippen LogP) is 3.61. The quantitative estimate of drug-likeness (QED) is 0.368. The fourth-order valence-corrected chi connectivity index (χ4v) is 6.55. The number of ether oxygens (including phenoxy) is 1. The second kappa shape index (κ2) is 11.1. The van der Waals surface area contributed by atoms with Crippen LogP contribution in [0.4, 0.5) is 15.8 Å². The summed E-state index contributed by atoms with van der Waals surface area (Å²) in [5.74, 6) is -0.413. The van der Waals surface area contributed by atoms with Gasteiger partial charge < -0.3 is 19.5 Å². The molecule has 0 bridgehead atoms. The lowest BCUT2D eigenvalue weighted by Crippen LogP contribution is -2.49. The topological polar surface area (TPSA) is 101 Å². The second-order valence-electron chi connectivity index (χ2n) is 9.57. The van der Waals surface area contributed by atoms with Gasteiger partial charge in [-0.05, 0) is 42.8 Å². The van der Waals surface area contributed by atoms with E-state index < -0.39 is 28.0 Å². The summed E-state index contributed by atoms with van der Waals surface area (Å²) >= 11 is 0. The van der Waals surface area contributed by atoms with Crippen molar-refractivity contribution < 1.29 is 22.3 Å². The van der Waals surface area contributed by atoms with Crippen molar-refractivity contribution in [2.45, 2.75) is 18.4 Å². The zero-order valence-corrected chi connectivity index (χ0v) is 22.9. The van der Waals surface area contributed by atoms with Gasteiger partial charge in [0.15, 0.2) is 0 Å². The van der Waals surface area contributed by atoms with Gasteiger partial charge in [-0.25, -0.2) is 12.8 Å². The van der Waals surface area contributed by atoms with Crippen LogP contribution in [0.1, 0.15) is 5.56 Å². The van der Waals surface area contributed by atoms with E-state index in [1.807, 2.05) is 17.9 Å². The number of fused-ring (bicyclic) bond motifs is 1. The molecule has 208 valence electrons. The second-order valence-corrected chi connectivity index (χ2v) is 11.5. The Morgan fingerprint density at radius 1 is 0.975 bits per heavy atom. The van der Waals surface area contributed by atoms with Crippen LogP contribution in [0, 0.1) is 12.7 Å². The zero-order valence-electron chi connectivity index (χ0n) is 22.1. The fraction of sp³-hybridized carbons (Fsp3) is 0.241. The molecule has 3 aromatic carbocycles. The number of para-hydroxylation sites is 1. The molecule has 0 atom stereocenters. The first-order valence-electron chi connectivity index (χ1n) is 12.8. The molecule has 1 aliphatic heterocycles. The Hall–Kier alpha value is -4.22. The number of anilines is 2. The minimum atomic E-state index is -4.05. The summed E-state index contributed by atoms with van der Waals surface area (Å²) in [5, 5.41) is 3.22. The van der Waals surface area contributed by atoms with E-state index in [0.29, 0.717) is 30.2 Å². The zero-order chi connectivity index (χ0) is 28.4. The Kier molecular flexibility index (Phi) is 7.59. The number of aromatic nitrogens is 1. The lowest BCUT2D eigenvalue weighted by atomic mass is 10.2. The third-order valence-corrected chi connectivity index (χ3v) is 8.88. The number of benzene rings is 3. The van der Waals surface area contributed by atoms with Crippen molar-refractivity contribution in [1.29, 1.82) is 0 Å². The molecule has 1 aliphatic rings. The van der Waals surface area contributed by atoms with E-state index in [4.69, 9.17) is 4.74 Å². The highest BCUT2D eigenvalue weighted by atomic mass is 32.2. The van der Waals surface area contributed by atoms with Crippen LogP contribution in [0.5, 0.6) is 5.75 Å². The van der Waals surface area contributed by atoms with E-state index in [-0.39, 0.29) is 34.6 Å². The summed E-state index contributed by atoms with van der Waals surface area (Å²) in [6.07, 6.45) is 1.23. The van der Waals surface area contributed by atoms with Gasteiger partial charge in [-0.1, -0.05) is 36.4 Å². The van der Waals surface area contributed by atoms with Crippen molar-refractivity contribution in [2.24, 2.45) is 0 Å². The Balaban J connectivity index is 1.44. The maximum atomic E-state index is 14.3. The normalized spacial score (nSPS) is 14.3. The molecular weight excluding hydrogens is 535 g/mol. The summed E-state index contributed by atoms with van der Waals surface area (Å²) in [6, 6.07) is 18.1. The highest BCUT2D eigenvalue weighted by molar-refractivity contribution is 7.89. The molecule has 0 aliphatic carbocycles. The van der Waals surface area contributed by atoms with E-state index in [1.165, 1.54) is 23.7 Å². The smallest absolute Gasteiger partial charge is 0.258 e. The Bertz CT molecular complexity index is 1750. The van der Waals surface area contributed by atoms with Crippen LogP contribution in [-0.2, 0) is 21.4 Å². The van der Waals surface area contributed by atoms with Crippen molar-refractivity contribution in [3.63, 3.8) is 0 Å². The summed E-state index contributed by atoms with van der Waals surface area (Å²) in [6.45, 7) is 2.35. The average molecular weight is 565 g/mol. The minimum Gasteiger partial charge on any atom is -0.495 e.